The second-order valence-corrected chi connectivity index (χ2v) is 7.77. The zero-order valence-corrected chi connectivity index (χ0v) is 15.8. The molecule has 0 unspecified atom stereocenters. The van der Waals surface area contributed by atoms with E-state index in [4.69, 9.17) is 4.74 Å². The van der Waals surface area contributed by atoms with Gasteiger partial charge in [0.1, 0.15) is 5.75 Å². The molecule has 5 rings (SSSR count). The molecule has 0 amide bonds. The quantitative estimate of drug-likeness (QED) is 0.587. The van der Waals surface area contributed by atoms with Crippen molar-refractivity contribution >= 4 is 0 Å². The number of rotatable bonds is 4. The molecule has 1 heterocycles. The first-order valence-corrected chi connectivity index (χ1v) is 9.88. The number of benzene rings is 3. The number of methoxy groups -OCH3 is 1. The highest BCUT2D eigenvalue weighted by molar-refractivity contribution is 5.67. The Bertz CT molecular complexity index is 950. The fraction of sp³-hybridized carbons (Fsp3) is 0.280. The van der Waals surface area contributed by atoms with E-state index in [1.165, 1.54) is 41.6 Å². The second-order valence-electron chi connectivity index (χ2n) is 7.77. The van der Waals surface area contributed by atoms with E-state index >= 15 is 0 Å². The Balaban J connectivity index is 1.48. The molecule has 0 aromatic heterocycles. The van der Waals surface area contributed by atoms with E-state index in [0.29, 0.717) is 6.04 Å². The van der Waals surface area contributed by atoms with Gasteiger partial charge in [-0.3, -0.25) is 4.90 Å². The number of ether oxygens (including phenoxy) is 1. The minimum atomic E-state index is 0.546. The monoisotopic (exact) mass is 355 g/mol. The number of nitrogens with zero attached hydrogens (tertiary/aromatic N) is 1. The van der Waals surface area contributed by atoms with Crippen LogP contribution in [0.5, 0.6) is 5.75 Å². The van der Waals surface area contributed by atoms with Gasteiger partial charge in [-0.05, 0) is 71.3 Å². The summed E-state index contributed by atoms with van der Waals surface area (Å²) < 4.78 is 5.41. The average molecular weight is 355 g/mol. The minimum Gasteiger partial charge on any atom is -0.497 e. The van der Waals surface area contributed by atoms with Gasteiger partial charge in [0.05, 0.1) is 7.11 Å². The van der Waals surface area contributed by atoms with Crippen molar-refractivity contribution in [1.82, 2.24) is 4.90 Å². The molecule has 27 heavy (non-hydrogen) atoms. The fourth-order valence-electron chi connectivity index (χ4n) is 4.84. The van der Waals surface area contributed by atoms with Gasteiger partial charge in [-0.25, -0.2) is 0 Å². The van der Waals surface area contributed by atoms with Crippen LogP contribution in [0, 0.1) is 0 Å². The van der Waals surface area contributed by atoms with Crippen molar-refractivity contribution < 1.29 is 4.74 Å². The molecule has 136 valence electrons. The topological polar surface area (TPSA) is 12.5 Å². The minimum absolute atomic E-state index is 0.546. The Labute approximate surface area is 161 Å². The largest absolute Gasteiger partial charge is 0.497 e. The molecule has 2 nitrogen and oxygen atoms in total. The molecule has 1 aliphatic carbocycles. The Morgan fingerprint density at radius 3 is 2.59 bits per heavy atom. The maximum atomic E-state index is 5.41. The molecule has 0 N–H and O–H groups in total. The fourth-order valence-corrected chi connectivity index (χ4v) is 4.84. The van der Waals surface area contributed by atoms with E-state index in [1.807, 2.05) is 6.07 Å². The van der Waals surface area contributed by atoms with E-state index in [0.717, 1.165) is 18.2 Å². The Hall–Kier alpha value is -2.58. The molecule has 2 bridgehead atoms. The van der Waals surface area contributed by atoms with E-state index in [9.17, 15) is 0 Å². The first-order valence-electron chi connectivity index (χ1n) is 9.88. The van der Waals surface area contributed by atoms with Crippen LogP contribution in [-0.4, -0.2) is 18.6 Å². The molecule has 1 saturated heterocycles. The number of fused-ring (bicyclic) bond motifs is 5. The van der Waals surface area contributed by atoms with E-state index in [-0.39, 0.29) is 0 Å². The Morgan fingerprint density at radius 1 is 0.889 bits per heavy atom. The molecular formula is C25H25NO. The maximum Gasteiger partial charge on any atom is 0.119 e. The van der Waals surface area contributed by atoms with E-state index < -0.39 is 0 Å². The van der Waals surface area contributed by atoms with Crippen molar-refractivity contribution in [2.24, 2.45) is 0 Å². The van der Waals surface area contributed by atoms with Gasteiger partial charge in [-0.2, -0.15) is 0 Å². The SMILES string of the molecule is COc1cccc(-c2ccc3c(c2)[C@H]2C[C@H]3CCN2Cc2ccccc2)c1. The van der Waals surface area contributed by atoms with Crippen molar-refractivity contribution in [2.45, 2.75) is 31.3 Å². The van der Waals surface area contributed by atoms with Gasteiger partial charge in [-0.1, -0.05) is 54.6 Å². The number of hydrogen-bond acceptors (Lipinski definition) is 2. The van der Waals surface area contributed by atoms with Crippen molar-refractivity contribution in [3.8, 4) is 16.9 Å². The highest BCUT2D eigenvalue weighted by Gasteiger charge is 2.38. The van der Waals surface area contributed by atoms with Gasteiger partial charge in [0, 0.05) is 12.6 Å². The van der Waals surface area contributed by atoms with Gasteiger partial charge in [0.2, 0.25) is 0 Å². The molecule has 1 aliphatic heterocycles. The van der Waals surface area contributed by atoms with Crippen molar-refractivity contribution in [1.29, 1.82) is 0 Å². The van der Waals surface area contributed by atoms with Crippen molar-refractivity contribution in [2.75, 3.05) is 13.7 Å². The Morgan fingerprint density at radius 2 is 1.74 bits per heavy atom. The predicted octanol–water partition coefficient (Wildman–Crippen LogP) is 5.80. The molecule has 0 saturated carbocycles. The highest BCUT2D eigenvalue weighted by Crippen LogP contribution is 2.50. The summed E-state index contributed by atoms with van der Waals surface area (Å²) in [4.78, 5) is 2.67. The summed E-state index contributed by atoms with van der Waals surface area (Å²) in [5.74, 6) is 1.65. The molecule has 2 aliphatic rings. The van der Waals surface area contributed by atoms with E-state index in [2.05, 4.69) is 71.6 Å². The summed E-state index contributed by atoms with van der Waals surface area (Å²) in [6.07, 6.45) is 2.54. The summed E-state index contributed by atoms with van der Waals surface area (Å²) in [6, 6.07) is 26.9. The second kappa shape index (κ2) is 6.86. The van der Waals surface area contributed by atoms with Crippen LogP contribution >= 0.6 is 0 Å². The van der Waals surface area contributed by atoms with Gasteiger partial charge >= 0.3 is 0 Å². The van der Waals surface area contributed by atoms with Gasteiger partial charge in [-0.15, -0.1) is 0 Å². The van der Waals surface area contributed by atoms with Crippen LogP contribution in [0.1, 0.15) is 41.5 Å². The lowest BCUT2D eigenvalue weighted by molar-refractivity contribution is 0.145. The summed E-state index contributed by atoms with van der Waals surface area (Å²) in [5, 5.41) is 0. The first-order chi connectivity index (χ1) is 13.3. The maximum absolute atomic E-state index is 5.41. The van der Waals surface area contributed by atoms with Crippen LogP contribution in [0.25, 0.3) is 11.1 Å². The molecule has 1 fully saturated rings. The zero-order valence-electron chi connectivity index (χ0n) is 15.8. The van der Waals surface area contributed by atoms with Crippen LogP contribution in [0.3, 0.4) is 0 Å². The summed E-state index contributed by atoms with van der Waals surface area (Å²) >= 11 is 0. The van der Waals surface area contributed by atoms with Gasteiger partial charge in [0.25, 0.3) is 0 Å². The molecule has 2 atom stereocenters. The van der Waals surface area contributed by atoms with Gasteiger partial charge < -0.3 is 4.74 Å². The normalized spacial score (nSPS) is 21.1. The smallest absolute Gasteiger partial charge is 0.119 e. The molecular weight excluding hydrogens is 330 g/mol. The predicted molar refractivity (Wildman–Crippen MR) is 110 cm³/mol. The summed E-state index contributed by atoms with van der Waals surface area (Å²) in [7, 11) is 1.73. The number of likely N-dealkylation sites (tertiary alicyclic amines) is 1. The number of piperidine rings is 1. The van der Waals surface area contributed by atoms with Crippen LogP contribution in [0.4, 0.5) is 0 Å². The zero-order chi connectivity index (χ0) is 18.2. The van der Waals surface area contributed by atoms with E-state index in [1.54, 1.807) is 12.7 Å². The van der Waals surface area contributed by atoms with Crippen molar-refractivity contribution in [3.63, 3.8) is 0 Å². The molecule has 0 spiro atoms. The molecule has 2 heteroatoms. The lowest BCUT2D eigenvalue weighted by Gasteiger charge is -2.33. The van der Waals surface area contributed by atoms with Crippen LogP contribution < -0.4 is 4.74 Å². The van der Waals surface area contributed by atoms with Crippen LogP contribution in [-0.2, 0) is 6.54 Å². The van der Waals surface area contributed by atoms with Crippen molar-refractivity contribution in [3.05, 3.63) is 89.5 Å². The Kier molecular flexibility index (Phi) is 4.21. The third-order valence-electron chi connectivity index (χ3n) is 6.23. The average Bonchev–Trinajstić information content (AvgIpc) is 3.03. The van der Waals surface area contributed by atoms with Crippen LogP contribution in [0.2, 0.25) is 0 Å². The summed E-state index contributed by atoms with van der Waals surface area (Å²) in [5.41, 5.74) is 7.04. The molecule has 3 aromatic carbocycles. The standard InChI is InChI=1S/C25H25NO/c1-27-22-9-5-8-19(14-22)20-10-11-23-21-12-13-26(25(16-21)24(23)15-20)17-18-6-3-2-4-7-18/h2-11,14-15,21,25H,12-13,16-17H2,1H3/t21-,25-/m1/s1. The molecule has 0 radical (unpaired) electrons. The lowest BCUT2D eigenvalue weighted by Crippen LogP contribution is -2.31. The van der Waals surface area contributed by atoms with Crippen LogP contribution in [0.15, 0.2) is 72.8 Å². The number of hydrogen-bond donors (Lipinski definition) is 0. The van der Waals surface area contributed by atoms with Gasteiger partial charge in [0.15, 0.2) is 0 Å². The lowest BCUT2D eigenvalue weighted by atomic mass is 9.94. The highest BCUT2D eigenvalue weighted by atomic mass is 16.5. The third kappa shape index (κ3) is 3.04. The molecule has 3 aromatic rings. The third-order valence-corrected chi connectivity index (χ3v) is 6.23. The first kappa shape index (κ1) is 16.6. The summed E-state index contributed by atoms with van der Waals surface area (Å²) in [6.45, 7) is 2.23.